The van der Waals surface area contributed by atoms with Crippen molar-refractivity contribution in [2.45, 2.75) is 13.8 Å². The fourth-order valence-corrected chi connectivity index (χ4v) is 2.45. The van der Waals surface area contributed by atoms with Gasteiger partial charge in [-0.25, -0.2) is 4.98 Å². The van der Waals surface area contributed by atoms with Crippen LogP contribution in [0.25, 0.3) is 28.1 Å². The summed E-state index contributed by atoms with van der Waals surface area (Å²) in [5.41, 5.74) is 12.2. The summed E-state index contributed by atoms with van der Waals surface area (Å²) in [6.07, 6.45) is 1.73. The van der Waals surface area contributed by atoms with Gasteiger partial charge in [-0.2, -0.15) is 4.98 Å². The highest BCUT2D eigenvalue weighted by atomic mass is 16.4. The van der Waals surface area contributed by atoms with Crippen molar-refractivity contribution in [2.75, 3.05) is 5.73 Å². The molecule has 0 amide bonds. The van der Waals surface area contributed by atoms with E-state index >= 15 is 0 Å². The highest BCUT2D eigenvalue weighted by molar-refractivity contribution is 5.80. The van der Waals surface area contributed by atoms with Crippen LogP contribution in [0.1, 0.15) is 11.1 Å². The van der Waals surface area contributed by atoms with E-state index in [9.17, 15) is 0 Å². The van der Waals surface area contributed by atoms with E-state index in [-0.39, 0.29) is 0 Å². The Balaban J connectivity index is 1.97. The van der Waals surface area contributed by atoms with Crippen molar-refractivity contribution in [2.24, 2.45) is 0 Å². The Labute approximate surface area is 121 Å². The minimum atomic E-state index is 0.501. The monoisotopic (exact) mass is 278 g/mol. The molecule has 0 fully saturated rings. The first-order valence-electron chi connectivity index (χ1n) is 6.72. The summed E-state index contributed by atoms with van der Waals surface area (Å²) >= 11 is 0. The zero-order valence-electron chi connectivity index (χ0n) is 11.8. The summed E-state index contributed by atoms with van der Waals surface area (Å²) in [6, 6.07) is 10.1. The second kappa shape index (κ2) is 4.09. The third kappa shape index (κ3) is 1.78. The molecule has 2 aromatic carbocycles. The minimum Gasteiger partial charge on any atom is -0.423 e. The van der Waals surface area contributed by atoms with Gasteiger partial charge in [-0.15, -0.1) is 0 Å². The van der Waals surface area contributed by atoms with Crippen molar-refractivity contribution < 1.29 is 4.42 Å². The molecule has 0 aliphatic heterocycles. The number of hydrogen-bond acceptors (Lipinski definition) is 4. The van der Waals surface area contributed by atoms with Crippen LogP contribution < -0.4 is 5.73 Å². The zero-order chi connectivity index (χ0) is 14.6. The molecular formula is C16H14N4O. The van der Waals surface area contributed by atoms with Gasteiger partial charge in [0.05, 0.1) is 11.0 Å². The van der Waals surface area contributed by atoms with Gasteiger partial charge < -0.3 is 10.2 Å². The second-order valence-electron chi connectivity index (χ2n) is 5.26. The average Bonchev–Trinajstić information content (AvgIpc) is 3.02. The van der Waals surface area contributed by atoms with Crippen LogP contribution in [0.4, 0.5) is 5.69 Å². The number of oxazole rings is 1. The molecule has 2 heterocycles. The van der Waals surface area contributed by atoms with Crippen LogP contribution in [0.5, 0.6) is 0 Å². The smallest absolute Gasteiger partial charge is 0.308 e. The number of aromatic nitrogens is 3. The van der Waals surface area contributed by atoms with Crippen LogP contribution in [0.15, 0.2) is 41.1 Å². The molecular weight excluding hydrogens is 264 g/mol. The summed E-state index contributed by atoms with van der Waals surface area (Å²) in [4.78, 5) is 8.92. The Morgan fingerprint density at radius 2 is 1.86 bits per heavy atom. The number of hydrogen-bond donors (Lipinski definition) is 1. The summed E-state index contributed by atoms with van der Waals surface area (Å²) in [6.45, 7) is 4.16. The highest BCUT2D eigenvalue weighted by Crippen LogP contribution is 2.25. The van der Waals surface area contributed by atoms with E-state index in [1.807, 2.05) is 16.7 Å². The Morgan fingerprint density at radius 3 is 2.71 bits per heavy atom. The molecule has 2 N–H and O–H groups in total. The topological polar surface area (TPSA) is 69.9 Å². The maximum Gasteiger partial charge on any atom is 0.308 e. The number of rotatable bonds is 1. The quantitative estimate of drug-likeness (QED) is 0.542. The summed E-state index contributed by atoms with van der Waals surface area (Å²) in [5.74, 6) is 0. The van der Waals surface area contributed by atoms with Gasteiger partial charge in [0.15, 0.2) is 5.58 Å². The van der Waals surface area contributed by atoms with E-state index in [1.165, 1.54) is 11.1 Å². The van der Waals surface area contributed by atoms with Gasteiger partial charge in [0.1, 0.15) is 11.8 Å². The van der Waals surface area contributed by atoms with Gasteiger partial charge >= 0.3 is 6.01 Å². The van der Waals surface area contributed by atoms with Crippen LogP contribution in [-0.4, -0.2) is 14.5 Å². The molecule has 0 radical (unpaired) electrons. The molecule has 0 aliphatic carbocycles. The van der Waals surface area contributed by atoms with Gasteiger partial charge in [-0.3, -0.25) is 4.57 Å². The van der Waals surface area contributed by atoms with Gasteiger partial charge in [0, 0.05) is 11.8 Å². The molecule has 0 saturated heterocycles. The van der Waals surface area contributed by atoms with E-state index in [1.54, 1.807) is 12.4 Å². The third-order valence-corrected chi connectivity index (χ3v) is 3.77. The van der Waals surface area contributed by atoms with Crippen molar-refractivity contribution in [3.8, 4) is 6.01 Å². The molecule has 5 nitrogen and oxygen atoms in total. The summed E-state index contributed by atoms with van der Waals surface area (Å²) < 4.78 is 7.66. The van der Waals surface area contributed by atoms with Crippen molar-refractivity contribution in [3.05, 3.63) is 47.8 Å². The number of benzene rings is 2. The molecule has 0 spiro atoms. The SMILES string of the molecule is Cc1cc2ncn(-c3nc4ccc(N)cc4o3)c2cc1C. The number of nitrogens with two attached hydrogens (primary N) is 1. The van der Waals surface area contributed by atoms with Gasteiger partial charge in [0.25, 0.3) is 0 Å². The zero-order valence-corrected chi connectivity index (χ0v) is 11.8. The summed E-state index contributed by atoms with van der Waals surface area (Å²) in [5, 5.41) is 0. The molecule has 4 aromatic rings. The molecule has 0 atom stereocenters. The van der Waals surface area contributed by atoms with Gasteiger partial charge in [-0.1, -0.05) is 0 Å². The molecule has 104 valence electrons. The highest BCUT2D eigenvalue weighted by Gasteiger charge is 2.12. The first kappa shape index (κ1) is 12.0. The molecule has 21 heavy (non-hydrogen) atoms. The lowest BCUT2D eigenvalue weighted by molar-refractivity contribution is 0.569. The lowest BCUT2D eigenvalue weighted by Gasteiger charge is -2.01. The Bertz CT molecular complexity index is 981. The lowest BCUT2D eigenvalue weighted by Crippen LogP contribution is -1.92. The van der Waals surface area contributed by atoms with Crippen LogP contribution in [0, 0.1) is 13.8 Å². The van der Waals surface area contributed by atoms with Crippen molar-refractivity contribution in [3.63, 3.8) is 0 Å². The molecule has 0 unspecified atom stereocenters. The molecule has 4 rings (SSSR count). The van der Waals surface area contributed by atoms with Gasteiger partial charge in [0.2, 0.25) is 0 Å². The molecule has 0 aliphatic rings. The molecule has 2 aromatic heterocycles. The third-order valence-electron chi connectivity index (χ3n) is 3.77. The minimum absolute atomic E-state index is 0.501. The predicted octanol–water partition coefficient (Wildman–Crippen LogP) is 3.37. The van der Waals surface area contributed by atoms with Crippen LogP contribution in [-0.2, 0) is 0 Å². The number of anilines is 1. The van der Waals surface area contributed by atoms with E-state index < -0.39 is 0 Å². The molecule has 0 bridgehead atoms. The first-order chi connectivity index (χ1) is 10.1. The Kier molecular flexibility index (Phi) is 2.33. The van der Waals surface area contributed by atoms with Crippen LogP contribution in [0.3, 0.4) is 0 Å². The largest absolute Gasteiger partial charge is 0.423 e. The molecule has 0 saturated carbocycles. The number of aryl methyl sites for hydroxylation is 2. The standard InChI is InChI=1S/C16H14N4O/c1-9-5-13-14(6-10(9)2)20(8-18-13)16-19-12-4-3-11(17)7-15(12)21-16/h3-8H,17H2,1-2H3. The van der Waals surface area contributed by atoms with E-state index in [0.29, 0.717) is 17.3 Å². The fraction of sp³-hybridized carbons (Fsp3) is 0.125. The van der Waals surface area contributed by atoms with Crippen molar-refractivity contribution >= 4 is 27.8 Å². The van der Waals surface area contributed by atoms with Crippen LogP contribution in [0.2, 0.25) is 0 Å². The number of nitrogens with zero attached hydrogens (tertiary/aromatic N) is 3. The first-order valence-corrected chi connectivity index (χ1v) is 6.72. The molecule has 5 heteroatoms. The van der Waals surface area contributed by atoms with E-state index in [4.69, 9.17) is 10.2 Å². The number of imidazole rings is 1. The van der Waals surface area contributed by atoms with Crippen molar-refractivity contribution in [1.82, 2.24) is 14.5 Å². The van der Waals surface area contributed by atoms with E-state index in [2.05, 4.69) is 35.9 Å². The maximum atomic E-state index is 5.80. The normalized spacial score (nSPS) is 11.5. The predicted molar refractivity (Wildman–Crippen MR) is 82.5 cm³/mol. The average molecular weight is 278 g/mol. The fourth-order valence-electron chi connectivity index (χ4n) is 2.45. The van der Waals surface area contributed by atoms with Gasteiger partial charge in [-0.05, 0) is 49.2 Å². The maximum absolute atomic E-state index is 5.80. The Hall–Kier alpha value is -2.82. The van der Waals surface area contributed by atoms with Crippen LogP contribution >= 0.6 is 0 Å². The lowest BCUT2D eigenvalue weighted by atomic mass is 10.1. The van der Waals surface area contributed by atoms with E-state index in [0.717, 1.165) is 16.6 Å². The summed E-state index contributed by atoms with van der Waals surface area (Å²) in [7, 11) is 0. The number of fused-ring (bicyclic) bond motifs is 2. The van der Waals surface area contributed by atoms with Crippen molar-refractivity contribution in [1.29, 1.82) is 0 Å². The second-order valence-corrected chi connectivity index (χ2v) is 5.26. The Morgan fingerprint density at radius 1 is 1.05 bits per heavy atom. The number of nitrogen functional groups attached to an aromatic ring is 1.